The Morgan fingerprint density at radius 1 is 1.29 bits per heavy atom. The van der Waals surface area contributed by atoms with Crippen LogP contribution in [0.25, 0.3) is 0 Å². The molecule has 1 N–H and O–H groups in total. The fourth-order valence-corrected chi connectivity index (χ4v) is 3.24. The minimum atomic E-state index is -1.37. The molecule has 0 bridgehead atoms. The fourth-order valence-electron chi connectivity index (χ4n) is 1.34. The smallest absolute Gasteiger partial charge is 0.129 e. The highest BCUT2D eigenvalue weighted by Crippen LogP contribution is 2.27. The summed E-state index contributed by atoms with van der Waals surface area (Å²) in [6, 6.07) is 0. The van der Waals surface area contributed by atoms with Crippen molar-refractivity contribution in [2.75, 3.05) is 0 Å². The minimum Gasteiger partial charge on any atom is -0.380 e. The van der Waals surface area contributed by atoms with Crippen LogP contribution in [0.2, 0.25) is 19.6 Å². The predicted molar refractivity (Wildman–Crippen MR) is 88.7 cm³/mol. The van der Waals surface area contributed by atoms with Gasteiger partial charge in [-0.1, -0.05) is 62.0 Å². The lowest BCUT2D eigenvalue weighted by molar-refractivity contribution is 0.217. The number of aliphatic hydroxyl groups is 1. The lowest BCUT2D eigenvalue weighted by Crippen LogP contribution is -2.19. The number of hydrogen-bond acceptors (Lipinski definition) is 1. The highest BCUT2D eigenvalue weighted by Gasteiger charge is 2.19. The van der Waals surface area contributed by atoms with Crippen molar-refractivity contribution in [1.29, 1.82) is 0 Å². The van der Waals surface area contributed by atoms with E-state index in [-0.39, 0.29) is 8.80 Å². The molecule has 0 aliphatic heterocycles. The summed E-state index contributed by atoms with van der Waals surface area (Å²) in [4.78, 5) is 0. The van der Waals surface area contributed by atoms with E-state index in [1.807, 2.05) is 0 Å². The lowest BCUT2D eigenvalue weighted by atomic mass is 10.0. The minimum absolute atomic E-state index is 0.130. The molecule has 0 radical (unpaired) electrons. The summed E-state index contributed by atoms with van der Waals surface area (Å²) >= 11 is 8.65. The zero-order valence-electron chi connectivity index (χ0n) is 11.5. The van der Waals surface area contributed by atoms with Gasteiger partial charge in [-0.15, -0.1) is 17.1 Å². The monoisotopic (exact) mass is 386 g/mol. The summed E-state index contributed by atoms with van der Waals surface area (Å²) in [6.07, 6.45) is 1.96. The van der Waals surface area contributed by atoms with Crippen molar-refractivity contribution in [1.82, 2.24) is 0 Å². The van der Waals surface area contributed by atoms with Gasteiger partial charge in [-0.3, -0.25) is 0 Å². The maximum Gasteiger partial charge on any atom is 0.129 e. The van der Waals surface area contributed by atoms with Gasteiger partial charge in [0.2, 0.25) is 0 Å². The highest BCUT2D eigenvalue weighted by atomic mass is 127. The first kappa shape index (κ1) is 17.8. The first-order valence-corrected chi connectivity index (χ1v) is 11.0. The molecule has 0 fully saturated rings. The molecular formula is C13H24ClIOSi. The Morgan fingerprint density at radius 2 is 1.82 bits per heavy atom. The van der Waals surface area contributed by atoms with Crippen LogP contribution >= 0.6 is 34.2 Å². The summed E-state index contributed by atoms with van der Waals surface area (Å²) in [5.74, 6) is 2.95. The second-order valence-corrected chi connectivity index (χ2v) is 14.4. The van der Waals surface area contributed by atoms with Crippen LogP contribution in [0.5, 0.6) is 0 Å². The van der Waals surface area contributed by atoms with E-state index in [9.17, 15) is 5.11 Å². The molecule has 0 aliphatic rings. The number of halogens is 2. The van der Waals surface area contributed by atoms with Crippen LogP contribution in [0.3, 0.4) is 0 Å². The largest absolute Gasteiger partial charge is 0.380 e. The van der Waals surface area contributed by atoms with E-state index < -0.39 is 14.2 Å². The van der Waals surface area contributed by atoms with Gasteiger partial charge in [0.1, 0.15) is 14.2 Å². The average Bonchev–Trinajstić information content (AvgIpc) is 2.07. The molecule has 0 rings (SSSR count). The summed E-state index contributed by atoms with van der Waals surface area (Å²) in [7, 11) is -1.37. The van der Waals surface area contributed by atoms with Crippen molar-refractivity contribution >= 4 is 42.3 Å². The molecule has 0 heterocycles. The maximum absolute atomic E-state index is 9.75. The number of rotatable bonds is 5. The summed E-state index contributed by atoms with van der Waals surface area (Å²) in [5.41, 5.74) is 3.19. The molecule has 0 aromatic rings. The van der Waals surface area contributed by atoms with Crippen LogP contribution in [-0.4, -0.2) is 28.1 Å². The van der Waals surface area contributed by atoms with E-state index in [1.165, 1.54) is 0 Å². The normalized spacial score (nSPS) is 16.0. The van der Waals surface area contributed by atoms with Gasteiger partial charge in [-0.2, -0.15) is 0 Å². The molecule has 0 aromatic heterocycles. The standard InChI is InChI=1S/C13H24ClIOSi/c1-13(2,15)10-11(14)6-7-12(16)8-9-17(3,4)5/h11-12,16H,6-7,10H2,1-5H3/t11-,12?/m1/s1. The van der Waals surface area contributed by atoms with E-state index in [0.717, 1.165) is 12.8 Å². The first-order valence-electron chi connectivity index (χ1n) is 6.03. The third kappa shape index (κ3) is 13.0. The van der Waals surface area contributed by atoms with Crippen LogP contribution in [-0.2, 0) is 0 Å². The predicted octanol–water partition coefficient (Wildman–Crippen LogP) is 4.22. The van der Waals surface area contributed by atoms with E-state index in [2.05, 4.69) is 67.5 Å². The fraction of sp³-hybridized carbons (Fsp3) is 0.846. The van der Waals surface area contributed by atoms with Crippen molar-refractivity contribution < 1.29 is 5.11 Å². The number of hydrogen-bond donors (Lipinski definition) is 1. The van der Waals surface area contributed by atoms with Gasteiger partial charge in [0.05, 0.1) is 0 Å². The topological polar surface area (TPSA) is 20.2 Å². The average molecular weight is 387 g/mol. The Labute approximate surface area is 126 Å². The molecule has 0 aliphatic carbocycles. The zero-order valence-corrected chi connectivity index (χ0v) is 15.4. The van der Waals surface area contributed by atoms with E-state index in [0.29, 0.717) is 6.42 Å². The van der Waals surface area contributed by atoms with Gasteiger partial charge < -0.3 is 5.11 Å². The van der Waals surface area contributed by atoms with Crippen LogP contribution in [0.15, 0.2) is 0 Å². The Balaban J connectivity index is 3.99. The summed E-state index contributed by atoms with van der Waals surface area (Å²) in [6.45, 7) is 10.9. The third-order valence-corrected chi connectivity index (χ3v) is 3.78. The van der Waals surface area contributed by atoms with E-state index in [4.69, 9.17) is 11.6 Å². The maximum atomic E-state index is 9.75. The molecule has 1 nitrogen and oxygen atoms in total. The van der Waals surface area contributed by atoms with Gasteiger partial charge in [-0.05, 0) is 19.3 Å². The summed E-state index contributed by atoms with van der Waals surface area (Å²) < 4.78 is 0.221. The van der Waals surface area contributed by atoms with Gasteiger partial charge in [-0.25, -0.2) is 0 Å². The van der Waals surface area contributed by atoms with Crippen molar-refractivity contribution in [2.24, 2.45) is 0 Å². The molecule has 0 amide bonds. The highest BCUT2D eigenvalue weighted by molar-refractivity contribution is 14.1. The molecule has 0 spiro atoms. The van der Waals surface area contributed by atoms with Crippen LogP contribution < -0.4 is 0 Å². The van der Waals surface area contributed by atoms with Crippen LogP contribution in [0.1, 0.15) is 33.1 Å². The van der Waals surface area contributed by atoms with Crippen molar-refractivity contribution in [2.45, 2.75) is 67.7 Å². The molecule has 0 saturated heterocycles. The Kier molecular flexibility index (Phi) is 7.70. The Morgan fingerprint density at radius 3 is 2.24 bits per heavy atom. The molecule has 2 atom stereocenters. The summed E-state index contributed by atoms with van der Waals surface area (Å²) in [5, 5.41) is 9.88. The number of alkyl halides is 2. The van der Waals surface area contributed by atoms with Crippen LogP contribution in [0, 0.1) is 11.5 Å². The quantitative estimate of drug-likeness (QED) is 0.325. The second-order valence-electron chi connectivity index (χ2n) is 6.13. The first-order chi connectivity index (χ1) is 7.49. The zero-order chi connectivity index (χ0) is 13.7. The van der Waals surface area contributed by atoms with Crippen molar-refractivity contribution in [3.8, 4) is 11.5 Å². The van der Waals surface area contributed by atoms with Gasteiger partial charge in [0, 0.05) is 8.80 Å². The lowest BCUT2D eigenvalue weighted by Gasteiger charge is -2.20. The molecule has 1 unspecified atom stereocenters. The van der Waals surface area contributed by atoms with Crippen molar-refractivity contribution in [3.63, 3.8) is 0 Å². The molecule has 100 valence electrons. The molecule has 0 aromatic carbocycles. The Bertz CT molecular complexity index is 283. The van der Waals surface area contributed by atoms with Crippen molar-refractivity contribution in [3.05, 3.63) is 0 Å². The molecular weight excluding hydrogens is 363 g/mol. The molecule has 17 heavy (non-hydrogen) atoms. The number of aliphatic hydroxyl groups excluding tert-OH is 1. The molecule has 0 saturated carbocycles. The van der Waals surface area contributed by atoms with Gasteiger partial charge in [0.25, 0.3) is 0 Å². The van der Waals surface area contributed by atoms with Gasteiger partial charge in [0.15, 0.2) is 0 Å². The van der Waals surface area contributed by atoms with E-state index >= 15 is 0 Å². The third-order valence-electron chi connectivity index (χ3n) is 2.07. The van der Waals surface area contributed by atoms with Crippen LogP contribution in [0.4, 0.5) is 0 Å². The van der Waals surface area contributed by atoms with E-state index in [1.54, 1.807) is 0 Å². The second kappa shape index (κ2) is 7.37. The molecule has 4 heteroatoms. The Hall–Kier alpha value is 0.757. The van der Waals surface area contributed by atoms with Gasteiger partial charge >= 0.3 is 0 Å². The SMILES string of the molecule is CC(C)(I)C[C@H](Cl)CCC(O)C#C[Si](C)(C)C.